The number of carbonyl (C=O) groups excluding carboxylic acids is 1. The summed E-state index contributed by atoms with van der Waals surface area (Å²) < 4.78 is 0. The third-order valence-electron chi connectivity index (χ3n) is 2.64. The van der Waals surface area contributed by atoms with Crippen molar-refractivity contribution in [2.24, 2.45) is 0 Å². The molecule has 0 unspecified atom stereocenters. The molecule has 0 aliphatic heterocycles. The number of amides is 1. The van der Waals surface area contributed by atoms with E-state index in [0.29, 0.717) is 16.1 Å². The van der Waals surface area contributed by atoms with E-state index in [1.807, 2.05) is 18.2 Å². The van der Waals surface area contributed by atoms with Crippen LogP contribution in [0.4, 0.5) is 5.00 Å². The van der Waals surface area contributed by atoms with E-state index < -0.39 is 0 Å². The zero-order chi connectivity index (χ0) is 13.0. The van der Waals surface area contributed by atoms with Crippen molar-refractivity contribution in [3.63, 3.8) is 0 Å². The molecule has 0 aliphatic rings. The van der Waals surface area contributed by atoms with Crippen LogP contribution < -0.4 is 5.32 Å². The summed E-state index contributed by atoms with van der Waals surface area (Å²) >= 11 is 1.35. The Morgan fingerprint density at radius 3 is 2.67 bits per heavy atom. The molecule has 90 valence electrons. The van der Waals surface area contributed by atoms with Crippen LogP contribution in [-0.2, 0) is 6.42 Å². The Kier molecular flexibility index (Phi) is 3.75. The van der Waals surface area contributed by atoms with Gasteiger partial charge in [-0.2, -0.15) is 5.26 Å². The fourth-order valence-corrected chi connectivity index (χ4v) is 2.29. The smallest absolute Gasteiger partial charge is 0.256 e. The van der Waals surface area contributed by atoms with E-state index >= 15 is 0 Å². The lowest BCUT2D eigenvalue weighted by molar-refractivity contribution is 0.102. The van der Waals surface area contributed by atoms with Crippen molar-refractivity contribution in [3.05, 3.63) is 52.4 Å². The molecule has 1 heterocycles. The van der Waals surface area contributed by atoms with Gasteiger partial charge in [0.25, 0.3) is 5.91 Å². The van der Waals surface area contributed by atoms with Crippen molar-refractivity contribution in [1.29, 1.82) is 5.26 Å². The Bertz CT molecular complexity index is 593. The largest absolute Gasteiger partial charge is 0.312 e. The number of nitriles is 1. The first-order valence-corrected chi connectivity index (χ1v) is 6.50. The van der Waals surface area contributed by atoms with E-state index in [-0.39, 0.29) is 5.91 Å². The van der Waals surface area contributed by atoms with Gasteiger partial charge in [0.15, 0.2) is 0 Å². The Balaban J connectivity index is 2.15. The molecule has 0 radical (unpaired) electrons. The normalized spacial score (nSPS) is 9.78. The minimum atomic E-state index is -0.184. The van der Waals surface area contributed by atoms with Crippen LogP contribution in [0.2, 0.25) is 0 Å². The molecular weight excluding hydrogens is 244 g/mol. The second-order valence-electron chi connectivity index (χ2n) is 3.78. The Morgan fingerprint density at radius 1 is 1.33 bits per heavy atom. The highest BCUT2D eigenvalue weighted by molar-refractivity contribution is 7.14. The molecule has 1 N–H and O–H groups in total. The van der Waals surface area contributed by atoms with Gasteiger partial charge in [0.2, 0.25) is 0 Å². The van der Waals surface area contributed by atoms with Gasteiger partial charge >= 0.3 is 0 Å². The van der Waals surface area contributed by atoms with E-state index in [2.05, 4.69) is 12.2 Å². The number of nitrogens with zero attached hydrogens (tertiary/aromatic N) is 1. The standard InChI is InChI=1S/C14H12N2OS/c1-2-10-3-5-11(6-4-10)13(17)16-14-12(9-15)7-8-18-14/h3-8H,2H2,1H3,(H,16,17). The Hall–Kier alpha value is -2.12. The van der Waals surface area contributed by atoms with Crippen LogP contribution in [0.5, 0.6) is 0 Å². The van der Waals surface area contributed by atoms with Gasteiger partial charge in [-0.15, -0.1) is 11.3 Å². The molecule has 4 heteroatoms. The van der Waals surface area contributed by atoms with E-state index in [0.717, 1.165) is 6.42 Å². The minimum Gasteiger partial charge on any atom is -0.312 e. The third kappa shape index (κ3) is 2.58. The molecule has 1 aromatic carbocycles. The second kappa shape index (κ2) is 5.48. The third-order valence-corrected chi connectivity index (χ3v) is 3.47. The van der Waals surface area contributed by atoms with Crippen LogP contribution >= 0.6 is 11.3 Å². The van der Waals surface area contributed by atoms with Gasteiger partial charge in [-0.1, -0.05) is 19.1 Å². The predicted molar refractivity (Wildman–Crippen MR) is 72.8 cm³/mol. The number of aryl methyl sites for hydroxylation is 1. The van der Waals surface area contributed by atoms with Crippen LogP contribution in [0.15, 0.2) is 35.7 Å². The highest BCUT2D eigenvalue weighted by Crippen LogP contribution is 2.22. The quantitative estimate of drug-likeness (QED) is 0.914. The van der Waals surface area contributed by atoms with Crippen LogP contribution in [0.3, 0.4) is 0 Å². The van der Waals surface area contributed by atoms with Crippen molar-refractivity contribution < 1.29 is 4.79 Å². The van der Waals surface area contributed by atoms with E-state index in [9.17, 15) is 4.79 Å². The SMILES string of the molecule is CCc1ccc(C(=O)Nc2sccc2C#N)cc1. The lowest BCUT2D eigenvalue weighted by atomic mass is 10.1. The number of hydrogen-bond donors (Lipinski definition) is 1. The summed E-state index contributed by atoms with van der Waals surface area (Å²) in [5, 5.41) is 14.0. The average Bonchev–Trinajstić information content (AvgIpc) is 2.86. The van der Waals surface area contributed by atoms with Gasteiger partial charge in [0, 0.05) is 5.56 Å². The average molecular weight is 256 g/mol. The van der Waals surface area contributed by atoms with Crippen molar-refractivity contribution in [2.75, 3.05) is 5.32 Å². The van der Waals surface area contributed by atoms with E-state index in [1.165, 1.54) is 16.9 Å². The fourth-order valence-electron chi connectivity index (χ4n) is 1.56. The van der Waals surface area contributed by atoms with Crippen LogP contribution in [0.1, 0.15) is 28.4 Å². The summed E-state index contributed by atoms with van der Waals surface area (Å²) in [4.78, 5) is 12.0. The second-order valence-corrected chi connectivity index (χ2v) is 4.70. The predicted octanol–water partition coefficient (Wildman–Crippen LogP) is 3.43. The maximum Gasteiger partial charge on any atom is 0.256 e. The zero-order valence-electron chi connectivity index (χ0n) is 9.93. The summed E-state index contributed by atoms with van der Waals surface area (Å²) in [6.07, 6.45) is 0.950. The molecular formula is C14H12N2OS. The van der Waals surface area contributed by atoms with Crippen LogP contribution in [0, 0.1) is 11.3 Å². The number of rotatable bonds is 3. The van der Waals surface area contributed by atoms with Crippen molar-refractivity contribution in [1.82, 2.24) is 0 Å². The molecule has 0 aliphatic carbocycles. The maximum absolute atomic E-state index is 12.0. The van der Waals surface area contributed by atoms with Crippen molar-refractivity contribution in [2.45, 2.75) is 13.3 Å². The molecule has 0 spiro atoms. The van der Waals surface area contributed by atoms with Gasteiger partial charge in [-0.3, -0.25) is 4.79 Å². The Labute approximate surface area is 110 Å². The highest BCUT2D eigenvalue weighted by Gasteiger charge is 2.09. The summed E-state index contributed by atoms with van der Waals surface area (Å²) in [5.74, 6) is -0.184. The number of nitrogens with one attached hydrogen (secondary N) is 1. The molecule has 0 saturated heterocycles. The van der Waals surface area contributed by atoms with Gasteiger partial charge in [-0.25, -0.2) is 0 Å². The molecule has 0 fully saturated rings. The molecule has 2 aromatic rings. The Morgan fingerprint density at radius 2 is 2.06 bits per heavy atom. The fraction of sp³-hybridized carbons (Fsp3) is 0.143. The summed E-state index contributed by atoms with van der Waals surface area (Å²) in [6, 6.07) is 11.2. The van der Waals surface area contributed by atoms with Crippen LogP contribution in [-0.4, -0.2) is 5.91 Å². The molecule has 3 nitrogen and oxygen atoms in total. The molecule has 1 amide bonds. The van der Waals surface area contributed by atoms with E-state index in [1.54, 1.807) is 23.6 Å². The lowest BCUT2D eigenvalue weighted by Gasteiger charge is -2.04. The maximum atomic E-state index is 12.0. The van der Waals surface area contributed by atoms with Gasteiger partial charge in [0.05, 0.1) is 5.56 Å². The number of carbonyl (C=O) groups is 1. The zero-order valence-corrected chi connectivity index (χ0v) is 10.8. The number of benzene rings is 1. The van der Waals surface area contributed by atoms with Gasteiger partial charge in [0.1, 0.15) is 11.1 Å². The first-order chi connectivity index (χ1) is 8.74. The van der Waals surface area contributed by atoms with Gasteiger partial charge < -0.3 is 5.32 Å². The van der Waals surface area contributed by atoms with Gasteiger partial charge in [-0.05, 0) is 35.6 Å². The molecule has 18 heavy (non-hydrogen) atoms. The van der Waals surface area contributed by atoms with Crippen molar-refractivity contribution in [3.8, 4) is 6.07 Å². The molecule has 0 saturated carbocycles. The monoisotopic (exact) mass is 256 g/mol. The summed E-state index contributed by atoms with van der Waals surface area (Å²) in [6.45, 7) is 2.07. The number of thiophene rings is 1. The molecule has 1 aromatic heterocycles. The summed E-state index contributed by atoms with van der Waals surface area (Å²) in [5.41, 5.74) is 2.29. The molecule has 0 bridgehead atoms. The highest BCUT2D eigenvalue weighted by atomic mass is 32.1. The number of hydrogen-bond acceptors (Lipinski definition) is 3. The molecule has 2 rings (SSSR count). The topological polar surface area (TPSA) is 52.9 Å². The van der Waals surface area contributed by atoms with Crippen LogP contribution in [0.25, 0.3) is 0 Å². The number of anilines is 1. The summed E-state index contributed by atoms with van der Waals surface area (Å²) in [7, 11) is 0. The molecule has 0 atom stereocenters. The van der Waals surface area contributed by atoms with Crippen molar-refractivity contribution >= 4 is 22.2 Å². The first kappa shape index (κ1) is 12.3. The first-order valence-electron chi connectivity index (χ1n) is 5.62. The minimum absolute atomic E-state index is 0.184. The van der Waals surface area contributed by atoms with E-state index in [4.69, 9.17) is 5.26 Å². The lowest BCUT2D eigenvalue weighted by Crippen LogP contribution is -2.11.